The number of carbonyl (C=O) groups excluding carboxylic acids is 2. The molecule has 1 unspecified atom stereocenters. The van der Waals surface area contributed by atoms with Crippen LogP contribution in [0.2, 0.25) is 0 Å². The van der Waals surface area contributed by atoms with Crippen LogP contribution in [0.4, 0.5) is 4.79 Å². The van der Waals surface area contributed by atoms with Crippen molar-refractivity contribution in [3.05, 3.63) is 0 Å². The Morgan fingerprint density at radius 2 is 2.07 bits per heavy atom. The van der Waals surface area contributed by atoms with E-state index in [0.717, 1.165) is 12.8 Å². The van der Waals surface area contributed by atoms with Crippen LogP contribution < -0.4 is 5.32 Å². The highest BCUT2D eigenvalue weighted by Crippen LogP contribution is 2.42. The fourth-order valence-electron chi connectivity index (χ4n) is 2.18. The first-order valence-electron chi connectivity index (χ1n) is 5.59. The maximum absolute atomic E-state index is 12.1. The molecule has 2 rings (SSSR count). The number of hydrogen-bond donors (Lipinski definition) is 1. The largest absolute Gasteiger partial charge is 0.325 e. The van der Waals surface area contributed by atoms with Gasteiger partial charge in [0.2, 0.25) is 0 Å². The predicted molar refractivity (Wildman–Crippen MR) is 56.2 cm³/mol. The lowest BCUT2D eigenvalue weighted by Gasteiger charge is -2.21. The molecule has 2 aliphatic rings. The summed E-state index contributed by atoms with van der Waals surface area (Å²) in [6.45, 7) is 6.39. The van der Waals surface area contributed by atoms with Gasteiger partial charge in [-0.3, -0.25) is 9.69 Å². The summed E-state index contributed by atoms with van der Waals surface area (Å²) >= 11 is 0. The highest BCUT2D eigenvalue weighted by molar-refractivity contribution is 6.07. The van der Waals surface area contributed by atoms with Crippen LogP contribution in [-0.2, 0) is 4.79 Å². The summed E-state index contributed by atoms with van der Waals surface area (Å²) in [7, 11) is 0. The number of rotatable bonds is 3. The zero-order valence-electron chi connectivity index (χ0n) is 9.54. The molecule has 1 saturated carbocycles. The molecule has 1 atom stereocenters. The summed E-state index contributed by atoms with van der Waals surface area (Å²) in [5.74, 6) is 0.635. The van der Waals surface area contributed by atoms with E-state index in [1.54, 1.807) is 0 Å². The molecule has 1 N–H and O–H groups in total. The van der Waals surface area contributed by atoms with Crippen molar-refractivity contribution in [3.8, 4) is 0 Å². The monoisotopic (exact) mass is 210 g/mol. The van der Waals surface area contributed by atoms with Gasteiger partial charge in [0.25, 0.3) is 5.91 Å². The Balaban J connectivity index is 2.15. The zero-order chi connectivity index (χ0) is 11.2. The maximum atomic E-state index is 12.1. The molecule has 0 bridgehead atoms. The van der Waals surface area contributed by atoms with Crippen LogP contribution in [-0.4, -0.2) is 28.9 Å². The third kappa shape index (κ3) is 1.62. The second-order valence-electron chi connectivity index (χ2n) is 5.22. The summed E-state index contributed by atoms with van der Waals surface area (Å²) in [5, 5.41) is 2.83. The smallest absolute Gasteiger partial charge is 0.323 e. The van der Waals surface area contributed by atoms with Crippen molar-refractivity contribution < 1.29 is 9.59 Å². The van der Waals surface area contributed by atoms with E-state index in [1.807, 2.05) is 20.8 Å². The number of amides is 3. The quantitative estimate of drug-likeness (QED) is 0.715. The number of urea groups is 1. The third-order valence-corrected chi connectivity index (χ3v) is 3.24. The van der Waals surface area contributed by atoms with E-state index in [9.17, 15) is 9.59 Å². The second kappa shape index (κ2) is 3.22. The molecule has 0 aromatic heterocycles. The van der Waals surface area contributed by atoms with Crippen LogP contribution in [0.5, 0.6) is 0 Å². The Morgan fingerprint density at radius 1 is 1.47 bits per heavy atom. The van der Waals surface area contributed by atoms with Crippen molar-refractivity contribution in [3.63, 3.8) is 0 Å². The average molecular weight is 210 g/mol. The molecule has 1 aliphatic carbocycles. The Kier molecular flexibility index (Phi) is 2.24. The first-order valence-corrected chi connectivity index (χ1v) is 5.59. The lowest BCUT2D eigenvalue weighted by atomic mass is 9.96. The van der Waals surface area contributed by atoms with Crippen LogP contribution in [0.15, 0.2) is 0 Å². The van der Waals surface area contributed by atoms with Gasteiger partial charge in [0.05, 0.1) is 0 Å². The minimum atomic E-state index is -0.619. The number of hydrogen-bond acceptors (Lipinski definition) is 2. The molecular weight excluding hydrogens is 192 g/mol. The highest BCUT2D eigenvalue weighted by atomic mass is 16.2. The lowest BCUT2D eigenvalue weighted by molar-refractivity contribution is -0.131. The Morgan fingerprint density at radius 3 is 2.53 bits per heavy atom. The number of imide groups is 1. The van der Waals surface area contributed by atoms with E-state index >= 15 is 0 Å². The van der Waals surface area contributed by atoms with Crippen LogP contribution in [0.25, 0.3) is 0 Å². The summed E-state index contributed by atoms with van der Waals surface area (Å²) in [6, 6.07) is -0.219. The summed E-state index contributed by atoms with van der Waals surface area (Å²) in [6.07, 6.45) is 2.11. The molecule has 3 amide bonds. The van der Waals surface area contributed by atoms with E-state index in [0.29, 0.717) is 18.4 Å². The van der Waals surface area contributed by atoms with Gasteiger partial charge in [-0.05, 0) is 31.6 Å². The topological polar surface area (TPSA) is 49.4 Å². The van der Waals surface area contributed by atoms with E-state index in [1.165, 1.54) is 4.90 Å². The first-order chi connectivity index (χ1) is 6.95. The second-order valence-corrected chi connectivity index (χ2v) is 5.22. The Hall–Kier alpha value is -1.06. The van der Waals surface area contributed by atoms with E-state index < -0.39 is 5.54 Å². The molecule has 2 fully saturated rings. The van der Waals surface area contributed by atoms with Gasteiger partial charge in [0.15, 0.2) is 0 Å². The first kappa shape index (κ1) is 10.5. The number of nitrogens with one attached hydrogen (secondary N) is 1. The van der Waals surface area contributed by atoms with Gasteiger partial charge >= 0.3 is 6.03 Å². The molecule has 1 saturated heterocycles. The molecule has 4 heteroatoms. The molecule has 15 heavy (non-hydrogen) atoms. The zero-order valence-corrected chi connectivity index (χ0v) is 9.54. The van der Waals surface area contributed by atoms with E-state index in [-0.39, 0.29) is 11.9 Å². The van der Waals surface area contributed by atoms with Crippen LogP contribution >= 0.6 is 0 Å². The van der Waals surface area contributed by atoms with Crippen molar-refractivity contribution >= 4 is 11.9 Å². The molecule has 1 heterocycles. The normalized spacial score (nSPS) is 31.3. The van der Waals surface area contributed by atoms with Crippen LogP contribution in [0.3, 0.4) is 0 Å². The molecule has 0 aromatic rings. The molecule has 84 valence electrons. The highest BCUT2D eigenvalue weighted by Gasteiger charge is 2.55. The Labute approximate surface area is 90.0 Å². The van der Waals surface area contributed by atoms with Crippen molar-refractivity contribution in [1.82, 2.24) is 10.2 Å². The molecular formula is C11H18N2O2. The van der Waals surface area contributed by atoms with Gasteiger partial charge < -0.3 is 5.32 Å². The van der Waals surface area contributed by atoms with Gasteiger partial charge in [-0.1, -0.05) is 13.8 Å². The molecule has 0 spiro atoms. The van der Waals surface area contributed by atoms with E-state index in [4.69, 9.17) is 0 Å². The van der Waals surface area contributed by atoms with Crippen molar-refractivity contribution in [1.29, 1.82) is 0 Å². The third-order valence-electron chi connectivity index (χ3n) is 3.24. The molecule has 0 radical (unpaired) electrons. The number of carbonyl (C=O) groups is 2. The van der Waals surface area contributed by atoms with Crippen molar-refractivity contribution in [2.75, 3.05) is 6.54 Å². The van der Waals surface area contributed by atoms with Crippen LogP contribution in [0.1, 0.15) is 33.6 Å². The molecule has 4 nitrogen and oxygen atoms in total. The van der Waals surface area contributed by atoms with Gasteiger partial charge in [0, 0.05) is 6.54 Å². The van der Waals surface area contributed by atoms with Gasteiger partial charge in [-0.25, -0.2) is 4.79 Å². The molecule has 0 aromatic carbocycles. The van der Waals surface area contributed by atoms with Gasteiger partial charge in [-0.15, -0.1) is 0 Å². The molecule has 1 aliphatic heterocycles. The fourth-order valence-corrected chi connectivity index (χ4v) is 2.18. The minimum Gasteiger partial charge on any atom is -0.323 e. The summed E-state index contributed by atoms with van der Waals surface area (Å²) in [4.78, 5) is 25.1. The Bertz CT molecular complexity index is 310. The standard InChI is InChI=1S/C11H18N2O2/c1-7(2)6-13-9(14)11(3,8-4-5-8)12-10(13)15/h7-8H,4-6H2,1-3H3,(H,12,15). The maximum Gasteiger partial charge on any atom is 0.325 e. The number of nitrogens with zero attached hydrogens (tertiary/aromatic N) is 1. The SMILES string of the molecule is CC(C)CN1C(=O)NC(C)(C2CC2)C1=O. The minimum absolute atomic E-state index is 0.0382. The summed E-state index contributed by atoms with van der Waals surface area (Å²) < 4.78 is 0. The average Bonchev–Trinajstić information content (AvgIpc) is 2.92. The van der Waals surface area contributed by atoms with Gasteiger partial charge in [-0.2, -0.15) is 0 Å². The van der Waals surface area contributed by atoms with Gasteiger partial charge in [0.1, 0.15) is 5.54 Å². The predicted octanol–water partition coefficient (Wildman–Crippen LogP) is 1.36. The fraction of sp³-hybridized carbons (Fsp3) is 0.818. The lowest BCUT2D eigenvalue weighted by Crippen LogP contribution is -2.46. The van der Waals surface area contributed by atoms with Crippen molar-refractivity contribution in [2.45, 2.75) is 39.2 Å². The van der Waals surface area contributed by atoms with Crippen molar-refractivity contribution in [2.24, 2.45) is 11.8 Å². The van der Waals surface area contributed by atoms with Crippen LogP contribution in [0, 0.1) is 11.8 Å². The summed E-state index contributed by atoms with van der Waals surface area (Å²) in [5.41, 5.74) is -0.619. The van der Waals surface area contributed by atoms with E-state index in [2.05, 4.69) is 5.32 Å².